The molecule has 0 aliphatic carbocycles. The lowest BCUT2D eigenvalue weighted by molar-refractivity contribution is -0.141. The number of primary amides is 1. The number of ether oxygens (including phenoxy) is 1. The fourth-order valence-corrected chi connectivity index (χ4v) is 4.71. The molecular weight excluding hydrogens is 510 g/mol. The number of nitrogens with zero attached hydrogens (tertiary/aromatic N) is 1. The van der Waals surface area contributed by atoms with Crippen molar-refractivity contribution >= 4 is 17.9 Å². The van der Waals surface area contributed by atoms with E-state index in [1.165, 1.54) is 4.90 Å². The molecule has 3 atom stereocenters. The van der Waals surface area contributed by atoms with Gasteiger partial charge in [-0.15, -0.1) is 0 Å². The van der Waals surface area contributed by atoms with Crippen molar-refractivity contribution in [2.45, 2.75) is 84.0 Å². The molecule has 0 aliphatic rings. The number of aromatic hydroxyl groups is 1. The Kier molecular flexibility index (Phi) is 11.9. The van der Waals surface area contributed by atoms with Crippen molar-refractivity contribution in [1.82, 2.24) is 10.2 Å². The molecule has 40 heavy (non-hydrogen) atoms. The highest BCUT2D eigenvalue weighted by Crippen LogP contribution is 2.23. The van der Waals surface area contributed by atoms with Crippen molar-refractivity contribution in [3.05, 3.63) is 64.7 Å². The van der Waals surface area contributed by atoms with E-state index < -0.39 is 41.6 Å². The van der Waals surface area contributed by atoms with Gasteiger partial charge in [0.05, 0.1) is 0 Å². The van der Waals surface area contributed by atoms with Gasteiger partial charge in [0.25, 0.3) is 0 Å². The minimum absolute atomic E-state index is 0.0337. The monoisotopic (exact) mass is 555 g/mol. The van der Waals surface area contributed by atoms with Crippen LogP contribution < -0.4 is 22.5 Å². The molecule has 10 nitrogen and oxygen atoms in total. The first-order valence-corrected chi connectivity index (χ1v) is 13.6. The molecule has 2 aromatic rings. The van der Waals surface area contributed by atoms with Gasteiger partial charge in [-0.25, -0.2) is 4.79 Å². The molecule has 0 saturated carbocycles. The number of carbonyl (C=O) groups excluding carboxylic acids is 3. The first-order valence-electron chi connectivity index (χ1n) is 13.6. The lowest BCUT2D eigenvalue weighted by Gasteiger charge is -2.35. The highest BCUT2D eigenvalue weighted by molar-refractivity contribution is 5.91. The van der Waals surface area contributed by atoms with Gasteiger partial charge in [-0.05, 0) is 94.8 Å². The molecule has 0 unspecified atom stereocenters. The predicted octanol–water partition coefficient (Wildman–Crippen LogP) is 2.44. The fraction of sp³-hybridized carbons (Fsp3) is 0.500. The number of phenols is 1. The number of phenolic OH excluding ortho intramolecular Hbond substituents is 1. The summed E-state index contributed by atoms with van der Waals surface area (Å²) in [6, 6.07) is 10.2. The van der Waals surface area contributed by atoms with Crippen LogP contribution in [0.25, 0.3) is 0 Å². The Morgan fingerprint density at radius 3 is 2.17 bits per heavy atom. The van der Waals surface area contributed by atoms with E-state index in [0.29, 0.717) is 19.4 Å². The number of hydrogen-bond donors (Lipinski definition) is 5. The zero-order chi connectivity index (χ0) is 30.0. The summed E-state index contributed by atoms with van der Waals surface area (Å²) in [6.45, 7) is 9.16. The van der Waals surface area contributed by atoms with Crippen molar-refractivity contribution in [1.29, 1.82) is 0 Å². The Balaban J connectivity index is 2.49. The Hall–Kier alpha value is -3.63. The standard InChI is InChI=1S/C30H45N5O5/c1-19-14-23(36)15-20(2)24(19)17-25(34-29(39)40-30(3,4)5)28(38)35(26(27(33)37)12-9-13-31)18-22(32)16-21-10-7-6-8-11-21/h6-8,10-11,14-15,22,25-26,36H,9,12-13,16-18,31-32H2,1-5H3,(H2,33,37)(H,34,39)/t22-,25-,26+/m0/s1. The van der Waals surface area contributed by atoms with E-state index >= 15 is 0 Å². The van der Waals surface area contributed by atoms with Crippen molar-refractivity contribution < 1.29 is 24.2 Å². The third-order valence-corrected chi connectivity index (χ3v) is 6.52. The van der Waals surface area contributed by atoms with E-state index in [2.05, 4.69) is 5.32 Å². The number of nitrogens with two attached hydrogens (primary N) is 3. The lowest BCUT2D eigenvalue weighted by atomic mass is 9.94. The van der Waals surface area contributed by atoms with Crippen LogP contribution >= 0.6 is 0 Å². The van der Waals surface area contributed by atoms with Gasteiger partial charge in [0.1, 0.15) is 23.4 Å². The van der Waals surface area contributed by atoms with E-state index in [4.69, 9.17) is 21.9 Å². The predicted molar refractivity (Wildman–Crippen MR) is 156 cm³/mol. The van der Waals surface area contributed by atoms with Crippen LogP contribution in [0.1, 0.15) is 55.9 Å². The minimum Gasteiger partial charge on any atom is -0.508 e. The van der Waals surface area contributed by atoms with E-state index in [1.807, 2.05) is 44.2 Å². The number of alkyl carbamates (subject to hydrolysis) is 1. The van der Waals surface area contributed by atoms with Gasteiger partial charge < -0.3 is 37.3 Å². The molecule has 220 valence electrons. The SMILES string of the molecule is Cc1cc(O)cc(C)c1C[C@H](NC(=O)OC(C)(C)C)C(=O)N(C[C@@H](N)Cc1ccccc1)[C@H](CCCN)C(N)=O. The van der Waals surface area contributed by atoms with E-state index in [1.54, 1.807) is 32.9 Å². The quantitative estimate of drug-likeness (QED) is 0.252. The Labute approximate surface area is 237 Å². The number of carbonyl (C=O) groups is 3. The molecule has 0 radical (unpaired) electrons. The second-order valence-corrected chi connectivity index (χ2v) is 11.3. The van der Waals surface area contributed by atoms with Gasteiger partial charge in [0.2, 0.25) is 11.8 Å². The van der Waals surface area contributed by atoms with Crippen molar-refractivity contribution in [2.75, 3.05) is 13.1 Å². The average Bonchev–Trinajstić information content (AvgIpc) is 2.83. The van der Waals surface area contributed by atoms with Crippen LogP contribution in [0.2, 0.25) is 0 Å². The van der Waals surface area contributed by atoms with Crippen molar-refractivity contribution in [3.8, 4) is 5.75 Å². The smallest absolute Gasteiger partial charge is 0.408 e. The second-order valence-electron chi connectivity index (χ2n) is 11.3. The maximum Gasteiger partial charge on any atom is 0.408 e. The third kappa shape index (κ3) is 10.2. The summed E-state index contributed by atoms with van der Waals surface area (Å²) >= 11 is 0. The Morgan fingerprint density at radius 2 is 1.65 bits per heavy atom. The van der Waals surface area contributed by atoms with Crippen LogP contribution in [0.15, 0.2) is 42.5 Å². The molecule has 8 N–H and O–H groups in total. The topological polar surface area (TPSA) is 174 Å². The summed E-state index contributed by atoms with van der Waals surface area (Å²) in [6.07, 6.45) is 0.513. The number of hydrogen-bond acceptors (Lipinski definition) is 7. The zero-order valence-electron chi connectivity index (χ0n) is 24.3. The molecule has 0 spiro atoms. The molecule has 3 amide bonds. The summed E-state index contributed by atoms with van der Waals surface area (Å²) < 4.78 is 5.45. The van der Waals surface area contributed by atoms with Gasteiger partial charge in [0.15, 0.2) is 0 Å². The average molecular weight is 556 g/mol. The van der Waals surface area contributed by atoms with Crippen molar-refractivity contribution in [3.63, 3.8) is 0 Å². The van der Waals surface area contributed by atoms with E-state index in [9.17, 15) is 19.5 Å². The summed E-state index contributed by atoms with van der Waals surface area (Å²) in [4.78, 5) is 41.1. The normalized spacial score (nSPS) is 13.7. The number of aryl methyl sites for hydroxylation is 2. The molecule has 0 saturated heterocycles. The first kappa shape index (κ1) is 32.6. The highest BCUT2D eigenvalue weighted by Gasteiger charge is 2.35. The van der Waals surface area contributed by atoms with Gasteiger partial charge in [-0.2, -0.15) is 0 Å². The molecule has 10 heteroatoms. The molecule has 2 aromatic carbocycles. The van der Waals surface area contributed by atoms with Crippen LogP contribution in [-0.2, 0) is 27.2 Å². The van der Waals surface area contributed by atoms with Crippen LogP contribution in [0.5, 0.6) is 5.75 Å². The van der Waals surface area contributed by atoms with Crippen molar-refractivity contribution in [2.24, 2.45) is 17.2 Å². The largest absolute Gasteiger partial charge is 0.508 e. The third-order valence-electron chi connectivity index (χ3n) is 6.52. The summed E-state index contributed by atoms with van der Waals surface area (Å²) in [5.74, 6) is -1.09. The van der Waals surface area contributed by atoms with Crippen LogP contribution in [0.3, 0.4) is 0 Å². The van der Waals surface area contributed by atoms with Gasteiger partial charge in [-0.3, -0.25) is 9.59 Å². The van der Waals surface area contributed by atoms with Crippen LogP contribution in [0.4, 0.5) is 4.79 Å². The molecule has 0 aliphatic heterocycles. The fourth-order valence-electron chi connectivity index (χ4n) is 4.71. The molecule has 0 fully saturated rings. The first-order chi connectivity index (χ1) is 18.7. The minimum atomic E-state index is -1.10. The molecule has 2 rings (SSSR count). The summed E-state index contributed by atoms with van der Waals surface area (Å²) in [7, 11) is 0. The number of amides is 3. The number of rotatable bonds is 13. The van der Waals surface area contributed by atoms with Gasteiger partial charge >= 0.3 is 6.09 Å². The van der Waals surface area contributed by atoms with Crippen LogP contribution in [0, 0.1) is 13.8 Å². The van der Waals surface area contributed by atoms with Gasteiger partial charge in [0, 0.05) is 19.0 Å². The summed E-state index contributed by atoms with van der Waals surface area (Å²) in [5, 5.41) is 12.7. The zero-order valence-corrected chi connectivity index (χ0v) is 24.3. The maximum atomic E-state index is 14.2. The van der Waals surface area contributed by atoms with Crippen LogP contribution in [-0.4, -0.2) is 64.7 Å². The Morgan fingerprint density at radius 1 is 1.05 bits per heavy atom. The molecular formula is C30H45N5O5. The maximum absolute atomic E-state index is 14.2. The van der Waals surface area contributed by atoms with E-state index in [-0.39, 0.29) is 25.1 Å². The molecule has 0 aromatic heterocycles. The highest BCUT2D eigenvalue weighted by atomic mass is 16.6. The lowest BCUT2D eigenvalue weighted by Crippen LogP contribution is -2.59. The number of benzene rings is 2. The summed E-state index contributed by atoms with van der Waals surface area (Å²) in [5.41, 5.74) is 20.5. The Bertz CT molecular complexity index is 1130. The second kappa shape index (κ2) is 14.7. The molecule has 0 heterocycles. The number of nitrogens with one attached hydrogen (secondary N) is 1. The van der Waals surface area contributed by atoms with Gasteiger partial charge in [-0.1, -0.05) is 30.3 Å². The van der Waals surface area contributed by atoms with E-state index in [0.717, 1.165) is 22.3 Å². The molecule has 0 bridgehead atoms.